The maximum absolute atomic E-state index is 5.86. The highest BCUT2D eigenvalue weighted by molar-refractivity contribution is 6.28. The fourth-order valence-corrected chi connectivity index (χ4v) is 1.76. The quantitative estimate of drug-likeness (QED) is 0.847. The van der Waals surface area contributed by atoms with Gasteiger partial charge in [-0.2, -0.15) is 15.0 Å². The number of halogens is 1. The summed E-state index contributed by atoms with van der Waals surface area (Å²) in [5.41, 5.74) is 0.329. The minimum Gasteiger partial charge on any atom is -0.354 e. The molecule has 0 aliphatic heterocycles. The average Bonchev–Trinajstić information content (AvgIpc) is 2.82. The fraction of sp³-hybridized carbons (Fsp3) is 0.727. The van der Waals surface area contributed by atoms with E-state index in [0.29, 0.717) is 23.4 Å². The van der Waals surface area contributed by atoms with Crippen molar-refractivity contribution in [3.8, 4) is 0 Å². The van der Waals surface area contributed by atoms with Crippen molar-refractivity contribution in [3.05, 3.63) is 5.28 Å². The third-order valence-electron chi connectivity index (χ3n) is 2.96. The van der Waals surface area contributed by atoms with Crippen molar-refractivity contribution in [1.82, 2.24) is 15.0 Å². The highest BCUT2D eigenvalue weighted by Crippen LogP contribution is 2.46. The lowest BCUT2D eigenvalue weighted by Crippen LogP contribution is -2.13. The first kappa shape index (κ1) is 12.4. The molecule has 1 heterocycles. The van der Waals surface area contributed by atoms with Crippen molar-refractivity contribution in [2.24, 2.45) is 5.41 Å². The third-order valence-corrected chi connectivity index (χ3v) is 3.13. The van der Waals surface area contributed by atoms with Gasteiger partial charge in [-0.25, -0.2) is 0 Å². The second kappa shape index (κ2) is 4.64. The van der Waals surface area contributed by atoms with Crippen LogP contribution in [0.4, 0.5) is 11.9 Å². The van der Waals surface area contributed by atoms with Crippen LogP contribution in [0.15, 0.2) is 0 Å². The third kappa shape index (κ3) is 3.19. The lowest BCUT2D eigenvalue weighted by atomic mass is 10.2. The second-order valence-corrected chi connectivity index (χ2v) is 5.41. The van der Waals surface area contributed by atoms with Gasteiger partial charge in [0.1, 0.15) is 0 Å². The van der Waals surface area contributed by atoms with Crippen LogP contribution in [0.3, 0.4) is 0 Å². The number of rotatable bonds is 5. The lowest BCUT2D eigenvalue weighted by molar-refractivity contribution is 0.628. The lowest BCUT2D eigenvalue weighted by Gasteiger charge is -2.08. The Balaban J connectivity index is 2.04. The summed E-state index contributed by atoms with van der Waals surface area (Å²) in [7, 11) is 0. The number of nitrogens with zero attached hydrogens (tertiary/aromatic N) is 3. The molecule has 94 valence electrons. The summed E-state index contributed by atoms with van der Waals surface area (Å²) in [6.45, 7) is 7.34. The molecule has 1 unspecified atom stereocenters. The van der Waals surface area contributed by atoms with Gasteiger partial charge in [-0.1, -0.05) is 20.8 Å². The largest absolute Gasteiger partial charge is 0.354 e. The Bertz CT molecular complexity index is 407. The van der Waals surface area contributed by atoms with Crippen molar-refractivity contribution in [3.63, 3.8) is 0 Å². The van der Waals surface area contributed by atoms with Gasteiger partial charge in [-0.05, 0) is 29.9 Å². The van der Waals surface area contributed by atoms with Gasteiger partial charge in [0.25, 0.3) is 0 Å². The van der Waals surface area contributed by atoms with Crippen molar-refractivity contribution in [2.75, 3.05) is 17.2 Å². The van der Waals surface area contributed by atoms with E-state index in [9.17, 15) is 0 Å². The first-order chi connectivity index (χ1) is 8.01. The average molecular weight is 256 g/mol. The molecule has 0 aromatic carbocycles. The number of nitrogens with one attached hydrogen (secondary N) is 2. The van der Waals surface area contributed by atoms with E-state index in [1.165, 1.54) is 0 Å². The summed E-state index contributed by atoms with van der Waals surface area (Å²) < 4.78 is 0. The molecule has 0 spiro atoms. The van der Waals surface area contributed by atoms with Crippen LogP contribution >= 0.6 is 11.6 Å². The zero-order valence-corrected chi connectivity index (χ0v) is 11.2. The monoisotopic (exact) mass is 255 g/mol. The van der Waals surface area contributed by atoms with Gasteiger partial charge in [0.15, 0.2) is 0 Å². The first-order valence-corrected chi connectivity index (χ1v) is 6.31. The SMILES string of the molecule is CCCNc1nc(Cl)nc(NC2CC2(C)C)n1. The topological polar surface area (TPSA) is 62.7 Å². The number of hydrogen-bond acceptors (Lipinski definition) is 5. The van der Waals surface area contributed by atoms with Crippen LogP contribution in [0.2, 0.25) is 5.28 Å². The molecular formula is C11H18ClN5. The van der Waals surface area contributed by atoms with E-state index < -0.39 is 0 Å². The Hall–Kier alpha value is -1.10. The van der Waals surface area contributed by atoms with E-state index in [2.05, 4.69) is 46.4 Å². The van der Waals surface area contributed by atoms with Gasteiger partial charge in [-0.15, -0.1) is 0 Å². The smallest absolute Gasteiger partial charge is 0.229 e. The molecule has 1 saturated carbocycles. The molecule has 1 aliphatic rings. The highest BCUT2D eigenvalue weighted by Gasteiger charge is 2.46. The summed E-state index contributed by atoms with van der Waals surface area (Å²) >= 11 is 5.86. The van der Waals surface area contributed by atoms with Gasteiger partial charge in [-0.3, -0.25) is 0 Å². The van der Waals surface area contributed by atoms with Crippen LogP contribution in [-0.4, -0.2) is 27.5 Å². The maximum Gasteiger partial charge on any atom is 0.229 e. The molecule has 1 atom stereocenters. The Morgan fingerprint density at radius 2 is 1.94 bits per heavy atom. The zero-order valence-electron chi connectivity index (χ0n) is 10.4. The summed E-state index contributed by atoms with van der Waals surface area (Å²) in [4.78, 5) is 12.4. The molecule has 5 nitrogen and oxygen atoms in total. The van der Waals surface area contributed by atoms with Crippen LogP contribution in [0, 0.1) is 5.41 Å². The first-order valence-electron chi connectivity index (χ1n) is 5.93. The van der Waals surface area contributed by atoms with Gasteiger partial charge >= 0.3 is 0 Å². The molecular weight excluding hydrogens is 238 g/mol. The molecule has 1 aliphatic carbocycles. The van der Waals surface area contributed by atoms with E-state index in [4.69, 9.17) is 11.6 Å². The molecule has 0 amide bonds. The predicted molar refractivity (Wildman–Crippen MR) is 69.4 cm³/mol. The van der Waals surface area contributed by atoms with E-state index >= 15 is 0 Å². The van der Waals surface area contributed by atoms with Crippen LogP contribution in [0.25, 0.3) is 0 Å². The second-order valence-electron chi connectivity index (χ2n) is 5.07. The molecule has 0 bridgehead atoms. The Labute approximate surface area is 106 Å². The van der Waals surface area contributed by atoms with Crippen molar-refractivity contribution >= 4 is 23.5 Å². The number of aromatic nitrogens is 3. The van der Waals surface area contributed by atoms with Crippen LogP contribution in [0.5, 0.6) is 0 Å². The fourth-order valence-electron chi connectivity index (χ4n) is 1.60. The highest BCUT2D eigenvalue weighted by atomic mass is 35.5. The van der Waals surface area contributed by atoms with Crippen molar-refractivity contribution < 1.29 is 0 Å². The standard InChI is InChI=1S/C11H18ClN5/c1-4-5-13-9-15-8(12)16-10(17-9)14-7-6-11(7,2)3/h7H,4-6H2,1-3H3,(H2,13,14,15,16,17). The maximum atomic E-state index is 5.86. The van der Waals surface area contributed by atoms with E-state index in [1.54, 1.807) is 0 Å². The minimum atomic E-state index is 0.222. The predicted octanol–water partition coefficient (Wildman–Crippen LogP) is 2.56. The van der Waals surface area contributed by atoms with Gasteiger partial charge in [0.2, 0.25) is 17.2 Å². The van der Waals surface area contributed by atoms with Crippen LogP contribution in [-0.2, 0) is 0 Å². The van der Waals surface area contributed by atoms with Crippen molar-refractivity contribution in [2.45, 2.75) is 39.7 Å². The molecule has 0 radical (unpaired) electrons. The molecule has 1 aromatic rings. The van der Waals surface area contributed by atoms with E-state index in [-0.39, 0.29) is 5.28 Å². The normalized spacial score (nSPS) is 21.1. The molecule has 2 rings (SSSR count). The number of hydrogen-bond donors (Lipinski definition) is 2. The van der Waals surface area contributed by atoms with E-state index in [1.807, 2.05) is 0 Å². The summed E-state index contributed by atoms with van der Waals surface area (Å²) in [6, 6.07) is 0.431. The molecule has 2 N–H and O–H groups in total. The Morgan fingerprint density at radius 3 is 2.53 bits per heavy atom. The van der Waals surface area contributed by atoms with E-state index in [0.717, 1.165) is 19.4 Å². The summed E-state index contributed by atoms with van der Waals surface area (Å²) in [5.74, 6) is 1.09. The van der Waals surface area contributed by atoms with Gasteiger partial charge < -0.3 is 10.6 Å². The van der Waals surface area contributed by atoms with Crippen LogP contribution < -0.4 is 10.6 Å². The number of anilines is 2. The van der Waals surface area contributed by atoms with Crippen LogP contribution in [0.1, 0.15) is 33.6 Å². The van der Waals surface area contributed by atoms with Gasteiger partial charge in [0, 0.05) is 12.6 Å². The molecule has 17 heavy (non-hydrogen) atoms. The van der Waals surface area contributed by atoms with Crippen molar-refractivity contribution in [1.29, 1.82) is 0 Å². The van der Waals surface area contributed by atoms with Gasteiger partial charge in [0.05, 0.1) is 0 Å². The Morgan fingerprint density at radius 1 is 1.29 bits per heavy atom. The molecule has 0 saturated heterocycles. The summed E-state index contributed by atoms with van der Waals surface area (Å²) in [6.07, 6.45) is 2.15. The molecule has 1 fully saturated rings. The molecule has 1 aromatic heterocycles. The zero-order chi connectivity index (χ0) is 12.5. The minimum absolute atomic E-state index is 0.222. The Kier molecular flexibility index (Phi) is 3.38. The molecule has 6 heteroatoms. The summed E-state index contributed by atoms with van der Waals surface area (Å²) in [5, 5.41) is 6.60.